The van der Waals surface area contributed by atoms with Gasteiger partial charge in [0.05, 0.1) is 0 Å². The van der Waals surface area contributed by atoms with E-state index >= 15 is 0 Å². The molecule has 0 spiro atoms. The molecule has 2 aliphatic rings. The van der Waals surface area contributed by atoms with Crippen molar-refractivity contribution < 1.29 is 9.53 Å². The third kappa shape index (κ3) is 4.12. The van der Waals surface area contributed by atoms with Crippen molar-refractivity contribution in [1.29, 1.82) is 0 Å². The highest BCUT2D eigenvalue weighted by Crippen LogP contribution is 2.44. The first-order valence-electron chi connectivity index (χ1n) is 10.9. The minimum absolute atomic E-state index is 0.0821. The summed E-state index contributed by atoms with van der Waals surface area (Å²) in [5.74, 6) is 0.0821. The second-order valence-corrected chi connectivity index (χ2v) is 8.06. The maximum absolute atomic E-state index is 12.3. The first-order valence-corrected chi connectivity index (χ1v) is 10.9. The Balaban J connectivity index is 1.15. The van der Waals surface area contributed by atoms with Crippen LogP contribution in [0.5, 0.6) is 0 Å². The quantitative estimate of drug-likeness (QED) is 0.630. The standard InChI is InChI=1S/C27H26N2O2/c30-27(29-14-5-6-19-11-12-21-17-28-15-13-20(21)16-19)31-18-26-24-9-3-1-7-22(24)23-8-2-4-10-25(23)26/h1-12,16,26,28H,13-15,17-18H2,(H,29,30). The molecule has 0 radical (unpaired) electrons. The van der Waals surface area contributed by atoms with Crippen molar-refractivity contribution >= 4 is 12.2 Å². The lowest BCUT2D eigenvalue weighted by Crippen LogP contribution is -2.26. The first kappa shape index (κ1) is 19.6. The summed E-state index contributed by atoms with van der Waals surface area (Å²) in [6.07, 6.45) is 4.69. The van der Waals surface area contributed by atoms with Crippen molar-refractivity contribution in [2.24, 2.45) is 0 Å². The smallest absolute Gasteiger partial charge is 0.407 e. The first-order chi connectivity index (χ1) is 15.3. The van der Waals surface area contributed by atoms with Gasteiger partial charge in [0.15, 0.2) is 0 Å². The van der Waals surface area contributed by atoms with Gasteiger partial charge in [-0.25, -0.2) is 4.79 Å². The minimum atomic E-state index is -0.386. The van der Waals surface area contributed by atoms with Crippen LogP contribution in [0.4, 0.5) is 4.79 Å². The third-order valence-corrected chi connectivity index (χ3v) is 6.14. The van der Waals surface area contributed by atoms with Crippen LogP contribution in [0, 0.1) is 0 Å². The van der Waals surface area contributed by atoms with E-state index in [2.05, 4.69) is 65.2 Å². The average Bonchev–Trinajstić information content (AvgIpc) is 3.14. The number of nitrogens with one attached hydrogen (secondary N) is 2. The zero-order chi connectivity index (χ0) is 21.0. The summed E-state index contributed by atoms with van der Waals surface area (Å²) in [5.41, 5.74) is 8.85. The van der Waals surface area contributed by atoms with Crippen LogP contribution in [0.2, 0.25) is 0 Å². The van der Waals surface area contributed by atoms with Crippen LogP contribution in [0.1, 0.15) is 33.7 Å². The van der Waals surface area contributed by atoms with Gasteiger partial charge in [-0.2, -0.15) is 0 Å². The monoisotopic (exact) mass is 410 g/mol. The maximum atomic E-state index is 12.3. The van der Waals surface area contributed by atoms with Crippen LogP contribution in [0.25, 0.3) is 17.2 Å². The number of benzene rings is 3. The number of carbonyl (C=O) groups is 1. The normalized spacial score (nSPS) is 14.7. The third-order valence-electron chi connectivity index (χ3n) is 6.14. The number of ether oxygens (including phenoxy) is 1. The Morgan fingerprint density at radius 3 is 2.52 bits per heavy atom. The number of hydrogen-bond acceptors (Lipinski definition) is 3. The highest BCUT2D eigenvalue weighted by Gasteiger charge is 2.28. The lowest BCUT2D eigenvalue weighted by molar-refractivity contribution is 0.144. The number of carbonyl (C=O) groups excluding carboxylic acids is 1. The van der Waals surface area contributed by atoms with Crippen LogP contribution in [-0.4, -0.2) is 25.8 Å². The van der Waals surface area contributed by atoms with E-state index in [0.29, 0.717) is 13.2 Å². The number of rotatable bonds is 5. The molecule has 31 heavy (non-hydrogen) atoms. The molecule has 0 atom stereocenters. The van der Waals surface area contributed by atoms with E-state index in [-0.39, 0.29) is 12.0 Å². The number of amides is 1. The van der Waals surface area contributed by atoms with Crippen molar-refractivity contribution in [3.05, 3.63) is 101 Å². The Morgan fingerprint density at radius 2 is 1.74 bits per heavy atom. The molecule has 0 fully saturated rings. The zero-order valence-electron chi connectivity index (χ0n) is 17.4. The summed E-state index contributed by atoms with van der Waals surface area (Å²) >= 11 is 0. The van der Waals surface area contributed by atoms with Crippen molar-refractivity contribution in [2.45, 2.75) is 18.9 Å². The van der Waals surface area contributed by atoms with Gasteiger partial charge in [-0.1, -0.05) is 78.9 Å². The van der Waals surface area contributed by atoms with Gasteiger partial charge in [0.25, 0.3) is 0 Å². The predicted molar refractivity (Wildman–Crippen MR) is 124 cm³/mol. The van der Waals surface area contributed by atoms with Crippen molar-refractivity contribution in [1.82, 2.24) is 10.6 Å². The van der Waals surface area contributed by atoms with Crippen molar-refractivity contribution in [2.75, 3.05) is 19.7 Å². The van der Waals surface area contributed by atoms with E-state index in [1.54, 1.807) is 0 Å². The molecule has 1 aliphatic heterocycles. The molecule has 1 amide bonds. The molecular weight excluding hydrogens is 384 g/mol. The van der Waals surface area contributed by atoms with Gasteiger partial charge in [0.2, 0.25) is 0 Å². The molecule has 5 rings (SSSR count). The second kappa shape index (κ2) is 8.78. The molecule has 4 heteroatoms. The van der Waals surface area contributed by atoms with E-state index in [4.69, 9.17) is 4.74 Å². The fourth-order valence-electron chi connectivity index (χ4n) is 4.59. The molecule has 4 nitrogen and oxygen atoms in total. The fourth-order valence-corrected chi connectivity index (χ4v) is 4.59. The van der Waals surface area contributed by atoms with Crippen molar-refractivity contribution in [3.63, 3.8) is 0 Å². The lowest BCUT2D eigenvalue weighted by Gasteiger charge is -2.17. The van der Waals surface area contributed by atoms with Gasteiger partial charge in [0.1, 0.15) is 6.61 Å². The van der Waals surface area contributed by atoms with Crippen LogP contribution >= 0.6 is 0 Å². The number of alkyl carbamates (subject to hydrolysis) is 1. The largest absolute Gasteiger partial charge is 0.449 e. The summed E-state index contributed by atoms with van der Waals surface area (Å²) in [5, 5.41) is 6.22. The average molecular weight is 411 g/mol. The van der Waals surface area contributed by atoms with Gasteiger partial charge in [-0.3, -0.25) is 0 Å². The van der Waals surface area contributed by atoms with E-state index in [0.717, 1.165) is 25.1 Å². The van der Waals surface area contributed by atoms with Gasteiger partial charge < -0.3 is 15.4 Å². The Bertz CT molecular complexity index is 1090. The van der Waals surface area contributed by atoms with Crippen LogP contribution in [0.3, 0.4) is 0 Å². The Kier molecular flexibility index (Phi) is 5.55. The van der Waals surface area contributed by atoms with E-state index in [1.165, 1.54) is 33.4 Å². The summed E-state index contributed by atoms with van der Waals surface area (Å²) in [4.78, 5) is 12.3. The summed E-state index contributed by atoms with van der Waals surface area (Å²) < 4.78 is 5.58. The molecule has 0 saturated heterocycles. The maximum Gasteiger partial charge on any atom is 0.407 e. The van der Waals surface area contributed by atoms with Gasteiger partial charge >= 0.3 is 6.09 Å². The Labute approximate surface area is 183 Å². The highest BCUT2D eigenvalue weighted by atomic mass is 16.5. The molecule has 0 aromatic heterocycles. The predicted octanol–water partition coefficient (Wildman–Crippen LogP) is 4.88. The van der Waals surface area contributed by atoms with Crippen LogP contribution < -0.4 is 10.6 Å². The van der Waals surface area contributed by atoms with E-state index < -0.39 is 0 Å². The SMILES string of the molecule is O=C(NCC=Cc1ccc2c(c1)CCNC2)OCC1c2ccccc2-c2ccccc21. The fraction of sp³-hybridized carbons (Fsp3) is 0.222. The van der Waals surface area contributed by atoms with E-state index in [1.807, 2.05) is 24.3 Å². The molecule has 3 aromatic rings. The Hall–Kier alpha value is -3.37. The van der Waals surface area contributed by atoms with Crippen molar-refractivity contribution in [3.8, 4) is 11.1 Å². The lowest BCUT2D eigenvalue weighted by atomic mass is 9.98. The molecular formula is C27H26N2O2. The van der Waals surface area contributed by atoms with Gasteiger partial charge in [-0.15, -0.1) is 0 Å². The molecule has 156 valence electrons. The molecule has 0 unspecified atom stereocenters. The molecule has 1 aliphatic carbocycles. The Morgan fingerprint density at radius 1 is 1.00 bits per heavy atom. The molecule has 1 heterocycles. The van der Waals surface area contributed by atoms with Crippen LogP contribution in [0.15, 0.2) is 72.8 Å². The topological polar surface area (TPSA) is 50.4 Å². The molecule has 3 aromatic carbocycles. The summed E-state index contributed by atoms with van der Waals surface area (Å²) in [6, 6.07) is 23.2. The second-order valence-electron chi connectivity index (χ2n) is 8.06. The van der Waals surface area contributed by atoms with E-state index in [9.17, 15) is 4.79 Å². The zero-order valence-corrected chi connectivity index (χ0v) is 17.4. The summed E-state index contributed by atoms with van der Waals surface area (Å²) in [6.45, 7) is 2.75. The van der Waals surface area contributed by atoms with Crippen LogP contribution in [-0.2, 0) is 17.7 Å². The molecule has 0 bridgehead atoms. The van der Waals surface area contributed by atoms with Gasteiger partial charge in [0, 0.05) is 19.0 Å². The summed E-state index contributed by atoms with van der Waals surface area (Å²) in [7, 11) is 0. The highest BCUT2D eigenvalue weighted by molar-refractivity contribution is 5.79. The number of hydrogen-bond donors (Lipinski definition) is 2. The minimum Gasteiger partial charge on any atom is -0.449 e. The van der Waals surface area contributed by atoms with Gasteiger partial charge in [-0.05, 0) is 51.9 Å². The number of fused-ring (bicyclic) bond motifs is 4. The molecule has 2 N–H and O–H groups in total. The molecule has 0 saturated carbocycles.